The summed E-state index contributed by atoms with van der Waals surface area (Å²) in [6.07, 6.45) is 3.39. The standard InChI is InChI=1S/C14H13BrO2/c15-13-10-7-4-8-11(13)14(10,17-12(13)16)9-5-2-1-3-6-9/h1-3,5-6,10-11H,4,7-8H2/t10-,11-,13?,14?/m0/s1. The third-order valence-electron chi connectivity index (χ3n) is 4.83. The van der Waals surface area contributed by atoms with Crippen LogP contribution in [0.5, 0.6) is 0 Å². The minimum absolute atomic E-state index is 0.0453. The molecular formula is C14H13BrO2. The first-order valence-electron chi connectivity index (χ1n) is 6.18. The number of halogens is 1. The molecule has 2 heterocycles. The molecule has 0 radical (unpaired) electrons. The van der Waals surface area contributed by atoms with E-state index in [9.17, 15) is 4.79 Å². The molecule has 2 nitrogen and oxygen atoms in total. The molecule has 0 amide bonds. The highest BCUT2D eigenvalue weighted by atomic mass is 79.9. The van der Waals surface area contributed by atoms with Crippen molar-refractivity contribution in [3.05, 3.63) is 35.9 Å². The highest BCUT2D eigenvalue weighted by Gasteiger charge is 2.83. The molecule has 4 fully saturated rings. The molecule has 1 aromatic carbocycles. The monoisotopic (exact) mass is 292 g/mol. The van der Waals surface area contributed by atoms with Gasteiger partial charge in [0.1, 0.15) is 9.93 Å². The molecule has 1 aromatic rings. The lowest BCUT2D eigenvalue weighted by molar-refractivity contribution is -0.154. The van der Waals surface area contributed by atoms with Gasteiger partial charge in [0.15, 0.2) is 0 Å². The first-order valence-corrected chi connectivity index (χ1v) is 6.98. The van der Waals surface area contributed by atoms with Crippen molar-refractivity contribution in [2.75, 3.05) is 0 Å². The van der Waals surface area contributed by atoms with E-state index in [0.717, 1.165) is 12.8 Å². The maximum Gasteiger partial charge on any atom is 0.324 e. The van der Waals surface area contributed by atoms with Crippen LogP contribution in [-0.2, 0) is 15.1 Å². The second kappa shape index (κ2) is 2.94. The molecule has 2 atom stereocenters. The number of hydrogen-bond donors (Lipinski definition) is 0. The zero-order valence-corrected chi connectivity index (χ0v) is 10.9. The average molecular weight is 293 g/mol. The molecule has 2 saturated carbocycles. The lowest BCUT2D eigenvalue weighted by Gasteiger charge is -2.58. The number of carbonyl (C=O) groups is 1. The number of benzene rings is 1. The summed E-state index contributed by atoms with van der Waals surface area (Å²) in [6, 6.07) is 10.3. The largest absolute Gasteiger partial charge is 0.452 e. The topological polar surface area (TPSA) is 26.3 Å². The van der Waals surface area contributed by atoms with Crippen LogP contribution in [0.1, 0.15) is 24.8 Å². The van der Waals surface area contributed by atoms with Crippen LogP contribution in [-0.4, -0.2) is 10.3 Å². The van der Waals surface area contributed by atoms with Crippen molar-refractivity contribution in [2.45, 2.75) is 29.2 Å². The summed E-state index contributed by atoms with van der Waals surface area (Å²) in [7, 11) is 0. The first-order chi connectivity index (χ1) is 8.20. The highest BCUT2D eigenvalue weighted by molar-refractivity contribution is 9.10. The summed E-state index contributed by atoms with van der Waals surface area (Å²) in [5.41, 5.74) is 0.857. The third-order valence-corrected chi connectivity index (χ3v) is 6.26. The van der Waals surface area contributed by atoms with Crippen molar-refractivity contribution in [1.29, 1.82) is 0 Å². The number of alkyl halides is 1. The fourth-order valence-electron chi connectivity index (χ4n) is 4.21. The fourth-order valence-corrected chi connectivity index (χ4v) is 5.43. The summed E-state index contributed by atoms with van der Waals surface area (Å²) >= 11 is 3.68. The molecule has 3 heteroatoms. The molecule has 88 valence electrons. The van der Waals surface area contributed by atoms with E-state index in [1.54, 1.807) is 0 Å². The summed E-state index contributed by atoms with van der Waals surface area (Å²) in [4.78, 5) is 12.1. The van der Waals surface area contributed by atoms with E-state index in [1.807, 2.05) is 18.2 Å². The van der Waals surface area contributed by atoms with E-state index in [0.29, 0.717) is 11.8 Å². The van der Waals surface area contributed by atoms with Crippen molar-refractivity contribution in [1.82, 2.24) is 0 Å². The number of esters is 1. The zero-order chi connectivity index (χ0) is 11.7. The Balaban J connectivity index is 1.89. The second-order valence-electron chi connectivity index (χ2n) is 5.35. The van der Waals surface area contributed by atoms with Crippen LogP contribution in [0.2, 0.25) is 0 Å². The van der Waals surface area contributed by atoms with Crippen molar-refractivity contribution in [3.63, 3.8) is 0 Å². The Morgan fingerprint density at radius 1 is 1.18 bits per heavy atom. The Kier molecular flexibility index (Phi) is 1.75. The molecule has 2 aliphatic heterocycles. The number of rotatable bonds is 1. The van der Waals surface area contributed by atoms with Gasteiger partial charge in [-0.15, -0.1) is 0 Å². The van der Waals surface area contributed by atoms with E-state index >= 15 is 0 Å². The molecule has 4 bridgehead atoms. The van der Waals surface area contributed by atoms with Crippen molar-refractivity contribution >= 4 is 21.9 Å². The smallest absolute Gasteiger partial charge is 0.324 e. The minimum atomic E-state index is -0.374. The first kappa shape index (κ1) is 10.1. The Bertz CT molecular complexity index is 484. The van der Waals surface area contributed by atoms with E-state index in [4.69, 9.17) is 4.74 Å². The predicted octanol–water partition coefficient (Wildman–Crippen LogP) is 3.00. The molecule has 5 rings (SSSR count). The lowest BCUT2D eigenvalue weighted by Crippen LogP contribution is -2.65. The SMILES string of the molecule is O=C1OC2(c3ccccc3)[C@H]3CCC[C@H]2C13Br. The molecule has 4 aliphatic rings. The molecule has 2 aliphatic carbocycles. The predicted molar refractivity (Wildman–Crippen MR) is 66.7 cm³/mol. The second-order valence-corrected chi connectivity index (χ2v) is 6.66. The average Bonchev–Trinajstić information content (AvgIpc) is 2.77. The van der Waals surface area contributed by atoms with Gasteiger partial charge in [-0.3, -0.25) is 4.79 Å². The van der Waals surface area contributed by atoms with Crippen LogP contribution in [0, 0.1) is 11.8 Å². The quantitative estimate of drug-likeness (QED) is 0.588. The van der Waals surface area contributed by atoms with Gasteiger partial charge < -0.3 is 4.74 Å². The van der Waals surface area contributed by atoms with Gasteiger partial charge >= 0.3 is 5.97 Å². The Morgan fingerprint density at radius 2 is 1.82 bits per heavy atom. The van der Waals surface area contributed by atoms with Gasteiger partial charge in [0.2, 0.25) is 0 Å². The van der Waals surface area contributed by atoms with Gasteiger partial charge in [-0.05, 0) is 18.4 Å². The maximum atomic E-state index is 12.1. The van der Waals surface area contributed by atoms with Gasteiger partial charge in [-0.1, -0.05) is 52.7 Å². The van der Waals surface area contributed by atoms with Crippen LogP contribution >= 0.6 is 15.9 Å². The third kappa shape index (κ3) is 0.897. The summed E-state index contributed by atoms with van der Waals surface area (Å²) in [5, 5.41) is 0. The van der Waals surface area contributed by atoms with E-state index < -0.39 is 0 Å². The minimum Gasteiger partial charge on any atom is -0.452 e. The van der Waals surface area contributed by atoms with E-state index in [2.05, 4.69) is 28.1 Å². The molecule has 0 unspecified atom stereocenters. The number of hydrogen-bond acceptors (Lipinski definition) is 2. The Morgan fingerprint density at radius 3 is 2.47 bits per heavy atom. The van der Waals surface area contributed by atoms with Gasteiger partial charge in [-0.25, -0.2) is 0 Å². The van der Waals surface area contributed by atoms with E-state index in [1.165, 1.54) is 12.0 Å². The van der Waals surface area contributed by atoms with Crippen LogP contribution in [0.4, 0.5) is 0 Å². The van der Waals surface area contributed by atoms with Crippen molar-refractivity contribution in [3.8, 4) is 0 Å². The number of fused-ring (bicyclic) bond motifs is 1. The molecule has 17 heavy (non-hydrogen) atoms. The van der Waals surface area contributed by atoms with E-state index in [-0.39, 0.29) is 15.9 Å². The Hall–Kier alpha value is -0.830. The van der Waals surface area contributed by atoms with Gasteiger partial charge in [0, 0.05) is 11.8 Å². The molecule has 0 spiro atoms. The van der Waals surface area contributed by atoms with Crippen LogP contribution in [0.25, 0.3) is 0 Å². The molecule has 0 aromatic heterocycles. The van der Waals surface area contributed by atoms with Crippen LogP contribution < -0.4 is 0 Å². The molecule has 2 saturated heterocycles. The van der Waals surface area contributed by atoms with Gasteiger partial charge in [0.25, 0.3) is 0 Å². The van der Waals surface area contributed by atoms with Crippen LogP contribution in [0.15, 0.2) is 30.3 Å². The Labute approximate surface area is 108 Å². The normalized spacial score (nSPS) is 46.3. The number of carbonyl (C=O) groups excluding carboxylic acids is 1. The molecule has 0 N–H and O–H groups in total. The summed E-state index contributed by atoms with van der Waals surface area (Å²) < 4.78 is 5.42. The van der Waals surface area contributed by atoms with Gasteiger partial charge in [-0.2, -0.15) is 0 Å². The number of ether oxygens (including phenoxy) is 1. The molecular weight excluding hydrogens is 280 g/mol. The fraction of sp³-hybridized carbons (Fsp3) is 0.500. The summed E-state index contributed by atoms with van der Waals surface area (Å²) in [6.45, 7) is 0. The van der Waals surface area contributed by atoms with Crippen LogP contribution in [0.3, 0.4) is 0 Å². The van der Waals surface area contributed by atoms with Crippen molar-refractivity contribution < 1.29 is 9.53 Å². The van der Waals surface area contributed by atoms with Gasteiger partial charge in [0.05, 0.1) is 0 Å². The zero-order valence-electron chi connectivity index (χ0n) is 9.36. The highest BCUT2D eigenvalue weighted by Crippen LogP contribution is 2.75. The lowest BCUT2D eigenvalue weighted by atomic mass is 9.47. The summed E-state index contributed by atoms with van der Waals surface area (Å²) in [5.74, 6) is 0.600. The van der Waals surface area contributed by atoms with Crippen molar-refractivity contribution in [2.24, 2.45) is 11.8 Å². The maximum absolute atomic E-state index is 12.1.